The van der Waals surface area contributed by atoms with Crippen molar-refractivity contribution >= 4 is 23.2 Å². The molecular weight excluding hydrogens is 273 g/mol. The molecule has 4 nitrogen and oxygen atoms in total. The van der Waals surface area contributed by atoms with Crippen LogP contribution in [0.3, 0.4) is 0 Å². The summed E-state index contributed by atoms with van der Waals surface area (Å²) in [6, 6.07) is 4.82. The van der Waals surface area contributed by atoms with Gasteiger partial charge in [0.2, 0.25) is 11.7 Å². The molecule has 2 N–H and O–H groups in total. The first-order chi connectivity index (χ1) is 8.47. The van der Waals surface area contributed by atoms with Gasteiger partial charge in [0.25, 0.3) is 0 Å². The van der Waals surface area contributed by atoms with Gasteiger partial charge in [-0.05, 0) is 24.1 Å². The molecule has 2 aromatic rings. The van der Waals surface area contributed by atoms with Crippen LogP contribution in [0.4, 0.5) is 0 Å². The summed E-state index contributed by atoms with van der Waals surface area (Å²) in [5.74, 6) is 1.07. The highest BCUT2D eigenvalue weighted by atomic mass is 35.5. The van der Waals surface area contributed by atoms with Crippen LogP contribution < -0.4 is 5.73 Å². The fourth-order valence-corrected chi connectivity index (χ4v) is 1.98. The molecule has 1 atom stereocenters. The maximum atomic E-state index is 5.94. The largest absolute Gasteiger partial charge is 0.337 e. The Bertz CT molecular complexity index is 534. The van der Waals surface area contributed by atoms with Crippen molar-refractivity contribution in [3.63, 3.8) is 0 Å². The van der Waals surface area contributed by atoms with E-state index in [1.165, 1.54) is 0 Å². The van der Waals surface area contributed by atoms with E-state index in [1.807, 2.05) is 13.8 Å². The van der Waals surface area contributed by atoms with E-state index >= 15 is 0 Å². The van der Waals surface area contributed by atoms with Gasteiger partial charge in [-0.1, -0.05) is 42.2 Å². The Morgan fingerprint density at radius 1 is 1.17 bits per heavy atom. The van der Waals surface area contributed by atoms with E-state index in [9.17, 15) is 0 Å². The van der Waals surface area contributed by atoms with Gasteiger partial charge in [-0.25, -0.2) is 0 Å². The highest BCUT2D eigenvalue weighted by Gasteiger charge is 2.18. The summed E-state index contributed by atoms with van der Waals surface area (Å²) in [5.41, 5.74) is 6.65. The lowest BCUT2D eigenvalue weighted by molar-refractivity contribution is 0.325. The summed E-state index contributed by atoms with van der Waals surface area (Å²) in [6.07, 6.45) is 0. The molecule has 6 heteroatoms. The molecule has 0 aliphatic rings. The summed E-state index contributed by atoms with van der Waals surface area (Å²) in [5, 5.41) is 4.94. The van der Waals surface area contributed by atoms with Crippen molar-refractivity contribution in [2.24, 2.45) is 11.7 Å². The van der Waals surface area contributed by atoms with Crippen molar-refractivity contribution in [2.45, 2.75) is 19.9 Å². The van der Waals surface area contributed by atoms with Gasteiger partial charge in [0.15, 0.2) is 0 Å². The molecule has 1 aromatic carbocycles. The van der Waals surface area contributed by atoms with Gasteiger partial charge < -0.3 is 10.3 Å². The number of benzene rings is 1. The topological polar surface area (TPSA) is 64.9 Å². The number of hydrogen-bond donors (Lipinski definition) is 1. The van der Waals surface area contributed by atoms with E-state index in [0.717, 1.165) is 0 Å². The number of hydrogen-bond acceptors (Lipinski definition) is 4. The van der Waals surface area contributed by atoms with Gasteiger partial charge in [0.1, 0.15) is 0 Å². The maximum absolute atomic E-state index is 5.94. The van der Waals surface area contributed by atoms with Crippen molar-refractivity contribution in [1.29, 1.82) is 0 Å². The average molecular weight is 286 g/mol. The summed E-state index contributed by atoms with van der Waals surface area (Å²) < 4.78 is 5.15. The second kappa shape index (κ2) is 5.26. The monoisotopic (exact) mass is 285 g/mol. The van der Waals surface area contributed by atoms with E-state index in [1.54, 1.807) is 18.2 Å². The molecule has 0 fully saturated rings. The number of halogens is 2. The van der Waals surface area contributed by atoms with Crippen LogP contribution in [-0.2, 0) is 0 Å². The predicted octanol–water partition coefficient (Wildman–Crippen LogP) is 3.70. The minimum atomic E-state index is -0.277. The van der Waals surface area contributed by atoms with E-state index in [4.69, 9.17) is 33.5 Å². The zero-order chi connectivity index (χ0) is 13.3. The smallest absolute Gasteiger partial charge is 0.244 e. The molecule has 0 saturated heterocycles. The van der Waals surface area contributed by atoms with Gasteiger partial charge in [-0.15, -0.1) is 0 Å². The first kappa shape index (κ1) is 13.3. The quantitative estimate of drug-likeness (QED) is 0.934. The highest BCUT2D eigenvalue weighted by molar-refractivity contribution is 6.35. The fourth-order valence-electron chi connectivity index (χ4n) is 1.46. The second-order valence-corrected chi connectivity index (χ2v) is 5.26. The molecule has 1 heterocycles. The molecule has 0 bridgehead atoms. The lowest BCUT2D eigenvalue weighted by Gasteiger charge is -2.09. The van der Waals surface area contributed by atoms with Crippen LogP contribution in [-0.4, -0.2) is 10.1 Å². The number of nitrogens with zero attached hydrogens (tertiary/aromatic N) is 2. The summed E-state index contributed by atoms with van der Waals surface area (Å²) in [6.45, 7) is 3.98. The van der Waals surface area contributed by atoms with Crippen LogP contribution in [0, 0.1) is 5.92 Å². The molecular formula is C12H13Cl2N3O. The van der Waals surface area contributed by atoms with E-state index < -0.39 is 0 Å². The third-order valence-electron chi connectivity index (χ3n) is 2.57. The van der Waals surface area contributed by atoms with Crippen LogP contribution in [0.25, 0.3) is 11.4 Å². The number of nitrogens with two attached hydrogens (primary N) is 1. The normalized spacial score (nSPS) is 13.0. The van der Waals surface area contributed by atoms with Gasteiger partial charge in [-0.2, -0.15) is 4.98 Å². The molecule has 0 radical (unpaired) electrons. The Labute approximate surface area is 115 Å². The third-order valence-corrected chi connectivity index (χ3v) is 3.00. The molecule has 1 aromatic heterocycles. The Balaban J connectivity index is 2.35. The first-order valence-electron chi connectivity index (χ1n) is 5.53. The van der Waals surface area contributed by atoms with Crippen LogP contribution in [0.15, 0.2) is 22.7 Å². The van der Waals surface area contributed by atoms with Crippen LogP contribution in [0.1, 0.15) is 25.8 Å². The molecule has 0 saturated carbocycles. The lowest BCUT2D eigenvalue weighted by Crippen LogP contribution is -2.16. The van der Waals surface area contributed by atoms with Gasteiger partial charge in [-0.3, -0.25) is 0 Å². The molecule has 0 aliphatic heterocycles. The Hall–Kier alpha value is -1.10. The van der Waals surface area contributed by atoms with Crippen LogP contribution >= 0.6 is 23.2 Å². The van der Waals surface area contributed by atoms with E-state index in [2.05, 4.69) is 10.1 Å². The minimum Gasteiger partial charge on any atom is -0.337 e. The second-order valence-electron chi connectivity index (χ2n) is 4.38. The van der Waals surface area contributed by atoms with E-state index in [-0.39, 0.29) is 12.0 Å². The SMILES string of the molecule is CC(C)[C@H](N)c1nc(-c2cc(Cl)cc(Cl)c2)no1. The standard InChI is InChI=1S/C12H13Cl2N3O/c1-6(2)10(15)12-16-11(17-18-12)7-3-8(13)5-9(14)4-7/h3-6,10H,15H2,1-2H3/t10-/m0/s1. The Kier molecular flexibility index (Phi) is 3.90. The van der Waals surface area contributed by atoms with Crippen molar-refractivity contribution < 1.29 is 4.52 Å². The van der Waals surface area contributed by atoms with Gasteiger partial charge >= 0.3 is 0 Å². The average Bonchev–Trinajstić information content (AvgIpc) is 2.75. The highest BCUT2D eigenvalue weighted by Crippen LogP contribution is 2.26. The zero-order valence-corrected chi connectivity index (χ0v) is 11.5. The lowest BCUT2D eigenvalue weighted by atomic mass is 10.1. The van der Waals surface area contributed by atoms with Crippen molar-refractivity contribution in [3.8, 4) is 11.4 Å². The number of aromatic nitrogens is 2. The van der Waals surface area contributed by atoms with Crippen molar-refractivity contribution in [1.82, 2.24) is 10.1 Å². The first-order valence-corrected chi connectivity index (χ1v) is 6.28. The molecule has 0 spiro atoms. The molecule has 18 heavy (non-hydrogen) atoms. The molecule has 0 aliphatic carbocycles. The van der Waals surface area contributed by atoms with Gasteiger partial charge in [0, 0.05) is 15.6 Å². The van der Waals surface area contributed by atoms with Crippen molar-refractivity contribution in [2.75, 3.05) is 0 Å². The zero-order valence-electron chi connectivity index (χ0n) is 10.0. The fraction of sp³-hybridized carbons (Fsp3) is 0.333. The third kappa shape index (κ3) is 2.83. The Morgan fingerprint density at radius 2 is 1.78 bits per heavy atom. The van der Waals surface area contributed by atoms with Crippen LogP contribution in [0.5, 0.6) is 0 Å². The molecule has 0 amide bonds. The molecule has 0 unspecified atom stereocenters. The Morgan fingerprint density at radius 3 is 2.33 bits per heavy atom. The van der Waals surface area contributed by atoms with Gasteiger partial charge in [0.05, 0.1) is 6.04 Å². The molecule has 96 valence electrons. The molecule has 2 rings (SSSR count). The summed E-state index contributed by atoms with van der Waals surface area (Å²) in [7, 11) is 0. The maximum Gasteiger partial charge on any atom is 0.244 e. The number of rotatable bonds is 3. The van der Waals surface area contributed by atoms with E-state index in [0.29, 0.717) is 27.3 Å². The van der Waals surface area contributed by atoms with Crippen LogP contribution in [0.2, 0.25) is 10.0 Å². The summed E-state index contributed by atoms with van der Waals surface area (Å²) in [4.78, 5) is 4.26. The predicted molar refractivity (Wildman–Crippen MR) is 71.5 cm³/mol. The summed E-state index contributed by atoms with van der Waals surface area (Å²) >= 11 is 11.8. The minimum absolute atomic E-state index is 0.223. The van der Waals surface area contributed by atoms with Crippen molar-refractivity contribution in [3.05, 3.63) is 34.1 Å².